The summed E-state index contributed by atoms with van der Waals surface area (Å²) in [6.07, 6.45) is 0.964. The first-order valence-electron chi connectivity index (χ1n) is 6.23. The lowest BCUT2D eigenvalue weighted by atomic mass is 10.1. The molecule has 4 nitrogen and oxygen atoms in total. The monoisotopic (exact) mass is 323 g/mol. The van der Waals surface area contributed by atoms with Gasteiger partial charge in [-0.3, -0.25) is 4.79 Å². The summed E-state index contributed by atoms with van der Waals surface area (Å²) in [7, 11) is 0. The van der Waals surface area contributed by atoms with Crippen molar-refractivity contribution in [3.05, 3.63) is 28.2 Å². The highest BCUT2D eigenvalue weighted by Gasteiger charge is 2.05. The van der Waals surface area contributed by atoms with Crippen molar-refractivity contribution in [3.63, 3.8) is 0 Å². The van der Waals surface area contributed by atoms with Crippen molar-refractivity contribution >= 4 is 27.5 Å². The molecule has 0 saturated heterocycles. The molecule has 0 aliphatic heterocycles. The normalized spacial score (nSPS) is 10.1. The number of nitrogens with zero attached hydrogens (tertiary/aromatic N) is 1. The van der Waals surface area contributed by atoms with Crippen LogP contribution in [0.25, 0.3) is 0 Å². The number of nitriles is 1. The zero-order valence-electron chi connectivity index (χ0n) is 11.2. The first kappa shape index (κ1) is 15.5. The van der Waals surface area contributed by atoms with E-state index < -0.39 is 0 Å². The smallest absolute Gasteiger partial charge is 0.239 e. The Balaban J connectivity index is 2.46. The molecule has 0 bridgehead atoms. The van der Waals surface area contributed by atoms with Crippen LogP contribution in [0.3, 0.4) is 0 Å². The SMILES string of the molecule is CC(C)CCNC(=O)CNc1cc(Br)ccc1C#N. The van der Waals surface area contributed by atoms with Crippen LogP contribution in [0.1, 0.15) is 25.8 Å². The molecule has 0 radical (unpaired) electrons. The quantitative estimate of drug-likeness (QED) is 0.846. The van der Waals surface area contributed by atoms with Crippen molar-refractivity contribution in [2.75, 3.05) is 18.4 Å². The Bertz CT molecular complexity index is 480. The molecule has 0 heterocycles. The van der Waals surface area contributed by atoms with Gasteiger partial charge in [0.15, 0.2) is 0 Å². The topological polar surface area (TPSA) is 64.9 Å². The lowest BCUT2D eigenvalue weighted by molar-refractivity contribution is -0.119. The van der Waals surface area contributed by atoms with Gasteiger partial charge in [0.05, 0.1) is 17.8 Å². The molecule has 0 atom stereocenters. The molecular weight excluding hydrogens is 306 g/mol. The van der Waals surface area contributed by atoms with Crippen LogP contribution >= 0.6 is 15.9 Å². The second-order valence-electron chi connectivity index (χ2n) is 4.69. The summed E-state index contributed by atoms with van der Waals surface area (Å²) in [5, 5.41) is 14.8. The third kappa shape index (κ3) is 5.75. The highest BCUT2D eigenvalue weighted by molar-refractivity contribution is 9.10. The van der Waals surface area contributed by atoms with Gasteiger partial charge < -0.3 is 10.6 Å². The van der Waals surface area contributed by atoms with Crippen molar-refractivity contribution in [3.8, 4) is 6.07 Å². The lowest BCUT2D eigenvalue weighted by Gasteiger charge is -2.10. The molecule has 102 valence electrons. The van der Waals surface area contributed by atoms with Gasteiger partial charge in [0.2, 0.25) is 5.91 Å². The fourth-order valence-corrected chi connectivity index (χ4v) is 1.86. The van der Waals surface area contributed by atoms with E-state index in [2.05, 4.69) is 46.5 Å². The van der Waals surface area contributed by atoms with Crippen LogP contribution in [0.15, 0.2) is 22.7 Å². The van der Waals surface area contributed by atoms with Crippen molar-refractivity contribution in [1.82, 2.24) is 5.32 Å². The molecule has 0 saturated carbocycles. The summed E-state index contributed by atoms with van der Waals surface area (Å²) >= 11 is 3.34. The van der Waals surface area contributed by atoms with Gasteiger partial charge in [-0.15, -0.1) is 0 Å². The largest absolute Gasteiger partial charge is 0.375 e. The van der Waals surface area contributed by atoms with Crippen molar-refractivity contribution in [2.24, 2.45) is 5.92 Å². The van der Waals surface area contributed by atoms with Crippen molar-refractivity contribution in [2.45, 2.75) is 20.3 Å². The zero-order chi connectivity index (χ0) is 14.3. The molecule has 0 aromatic heterocycles. The Labute approximate surface area is 122 Å². The van der Waals surface area contributed by atoms with Gasteiger partial charge in [-0.25, -0.2) is 0 Å². The van der Waals surface area contributed by atoms with Gasteiger partial charge in [0, 0.05) is 11.0 Å². The lowest BCUT2D eigenvalue weighted by Crippen LogP contribution is -2.31. The highest BCUT2D eigenvalue weighted by atomic mass is 79.9. The van der Waals surface area contributed by atoms with Gasteiger partial charge in [-0.05, 0) is 30.5 Å². The first-order chi connectivity index (χ1) is 9.02. The minimum absolute atomic E-state index is 0.0653. The number of carbonyl (C=O) groups is 1. The van der Waals surface area contributed by atoms with E-state index in [1.165, 1.54) is 0 Å². The number of hydrogen-bond acceptors (Lipinski definition) is 3. The number of nitrogens with one attached hydrogen (secondary N) is 2. The second kappa shape index (κ2) is 7.80. The fraction of sp³-hybridized carbons (Fsp3) is 0.429. The Kier molecular flexibility index (Phi) is 6.37. The maximum Gasteiger partial charge on any atom is 0.239 e. The number of benzene rings is 1. The standard InChI is InChI=1S/C14H18BrN3O/c1-10(2)5-6-17-14(19)9-18-13-7-12(15)4-3-11(13)8-16/h3-4,7,10,18H,5-6,9H2,1-2H3,(H,17,19). The summed E-state index contributed by atoms with van der Waals surface area (Å²) in [6, 6.07) is 7.39. The molecule has 0 aliphatic rings. The molecule has 0 spiro atoms. The summed E-state index contributed by atoms with van der Waals surface area (Å²) in [6.45, 7) is 5.08. The number of halogens is 1. The van der Waals surface area contributed by atoms with Crippen LogP contribution in [0.5, 0.6) is 0 Å². The average molecular weight is 324 g/mol. The first-order valence-corrected chi connectivity index (χ1v) is 7.02. The number of hydrogen-bond donors (Lipinski definition) is 2. The molecule has 0 fully saturated rings. The summed E-state index contributed by atoms with van der Waals surface area (Å²) in [5.41, 5.74) is 1.19. The molecule has 2 N–H and O–H groups in total. The van der Waals surface area contributed by atoms with E-state index in [0.717, 1.165) is 10.9 Å². The van der Waals surface area contributed by atoms with Crippen LogP contribution in [0.2, 0.25) is 0 Å². The number of anilines is 1. The molecule has 19 heavy (non-hydrogen) atoms. The number of rotatable bonds is 6. The molecular formula is C14H18BrN3O. The predicted molar refractivity (Wildman–Crippen MR) is 79.8 cm³/mol. The molecule has 1 rings (SSSR count). The molecule has 1 aromatic rings. The van der Waals surface area contributed by atoms with Crippen molar-refractivity contribution in [1.29, 1.82) is 5.26 Å². The van der Waals surface area contributed by atoms with Gasteiger partial charge in [0.25, 0.3) is 0 Å². The zero-order valence-corrected chi connectivity index (χ0v) is 12.8. The summed E-state index contributed by atoms with van der Waals surface area (Å²) in [4.78, 5) is 11.6. The van der Waals surface area contributed by atoms with E-state index >= 15 is 0 Å². The van der Waals surface area contributed by atoms with Crippen LogP contribution < -0.4 is 10.6 Å². The fourth-order valence-electron chi connectivity index (χ4n) is 1.50. The minimum atomic E-state index is -0.0653. The van der Waals surface area contributed by atoms with E-state index in [9.17, 15) is 4.79 Å². The van der Waals surface area contributed by atoms with E-state index in [-0.39, 0.29) is 12.5 Å². The number of amides is 1. The van der Waals surface area contributed by atoms with Gasteiger partial charge in [0.1, 0.15) is 6.07 Å². The molecule has 0 aliphatic carbocycles. The van der Waals surface area contributed by atoms with Gasteiger partial charge >= 0.3 is 0 Å². The third-order valence-electron chi connectivity index (χ3n) is 2.59. The summed E-state index contributed by atoms with van der Waals surface area (Å²) < 4.78 is 0.870. The van der Waals surface area contributed by atoms with Crippen LogP contribution in [0.4, 0.5) is 5.69 Å². The molecule has 1 aromatic carbocycles. The molecule has 1 amide bonds. The van der Waals surface area contributed by atoms with Crippen molar-refractivity contribution < 1.29 is 4.79 Å². The number of carbonyl (C=O) groups excluding carboxylic acids is 1. The van der Waals surface area contributed by atoms with Crippen LogP contribution in [-0.4, -0.2) is 19.0 Å². The van der Waals surface area contributed by atoms with E-state index in [1.54, 1.807) is 18.2 Å². The molecule has 5 heteroatoms. The second-order valence-corrected chi connectivity index (χ2v) is 5.60. The van der Waals surface area contributed by atoms with Gasteiger partial charge in [-0.2, -0.15) is 5.26 Å². The van der Waals surface area contributed by atoms with E-state index in [4.69, 9.17) is 5.26 Å². The maximum atomic E-state index is 11.6. The average Bonchev–Trinajstić information content (AvgIpc) is 2.36. The Morgan fingerprint density at radius 1 is 1.47 bits per heavy atom. The highest BCUT2D eigenvalue weighted by Crippen LogP contribution is 2.20. The third-order valence-corrected chi connectivity index (χ3v) is 3.08. The van der Waals surface area contributed by atoms with Crippen LogP contribution in [-0.2, 0) is 4.79 Å². The predicted octanol–water partition coefficient (Wildman–Crippen LogP) is 2.89. The van der Waals surface area contributed by atoms with E-state index in [1.807, 2.05) is 0 Å². The van der Waals surface area contributed by atoms with E-state index in [0.29, 0.717) is 23.7 Å². The summed E-state index contributed by atoms with van der Waals surface area (Å²) in [5.74, 6) is 0.507. The van der Waals surface area contributed by atoms with Gasteiger partial charge in [-0.1, -0.05) is 29.8 Å². The Morgan fingerprint density at radius 3 is 2.84 bits per heavy atom. The Hall–Kier alpha value is -1.54. The molecule has 0 unspecified atom stereocenters. The minimum Gasteiger partial charge on any atom is -0.375 e. The Morgan fingerprint density at radius 2 is 2.21 bits per heavy atom. The van der Waals surface area contributed by atoms with Crippen LogP contribution in [0, 0.1) is 17.2 Å². The maximum absolute atomic E-state index is 11.6.